The highest BCUT2D eigenvalue weighted by molar-refractivity contribution is 5.72. The van der Waals surface area contributed by atoms with Gasteiger partial charge in [-0.05, 0) is 36.1 Å². The number of nitrogens with zero attached hydrogens (tertiary/aromatic N) is 1. The number of halogens is 5. The van der Waals surface area contributed by atoms with Gasteiger partial charge in [-0.1, -0.05) is 38.1 Å². The number of hydrogen-bond donors (Lipinski definition) is 1. The predicted octanol–water partition coefficient (Wildman–Crippen LogP) is 5.47. The lowest BCUT2D eigenvalue weighted by Crippen LogP contribution is -2.56. The number of benzene rings is 2. The number of para-hydroxylation sites is 1. The molecule has 168 valence electrons. The zero-order chi connectivity index (χ0) is 23.0. The molecule has 0 radical (unpaired) electrons. The van der Waals surface area contributed by atoms with Gasteiger partial charge in [0, 0.05) is 17.7 Å². The van der Waals surface area contributed by atoms with E-state index in [0.717, 1.165) is 12.1 Å². The first-order chi connectivity index (χ1) is 14.4. The van der Waals surface area contributed by atoms with Gasteiger partial charge in [0.05, 0.1) is 19.3 Å². The van der Waals surface area contributed by atoms with E-state index in [-0.39, 0.29) is 23.5 Å². The summed E-state index contributed by atoms with van der Waals surface area (Å²) in [6, 6.07) is 7.81. The average Bonchev–Trinajstić information content (AvgIpc) is 2.67. The number of fused-ring (bicyclic) bond motifs is 1. The zero-order valence-electron chi connectivity index (χ0n) is 17.4. The van der Waals surface area contributed by atoms with Crippen molar-refractivity contribution in [3.8, 4) is 5.75 Å². The van der Waals surface area contributed by atoms with Crippen LogP contribution in [0.3, 0.4) is 0 Å². The molecule has 0 bridgehead atoms. The van der Waals surface area contributed by atoms with Crippen molar-refractivity contribution in [1.29, 1.82) is 0 Å². The third-order valence-corrected chi connectivity index (χ3v) is 5.56. The van der Waals surface area contributed by atoms with Crippen molar-refractivity contribution in [1.82, 2.24) is 0 Å². The third kappa shape index (κ3) is 4.54. The highest BCUT2D eigenvalue weighted by Gasteiger charge is 2.57. The van der Waals surface area contributed by atoms with Crippen LogP contribution in [-0.4, -0.2) is 37.1 Å². The number of rotatable bonds is 6. The molecule has 0 amide bonds. The molecule has 1 N–H and O–H groups in total. The summed E-state index contributed by atoms with van der Waals surface area (Å²) in [5.74, 6) is -1.08. The summed E-state index contributed by atoms with van der Waals surface area (Å²) in [4.78, 5) is 1.18. The van der Waals surface area contributed by atoms with Gasteiger partial charge in [-0.25, -0.2) is 8.78 Å². The fraction of sp³-hybridized carbons (Fsp3) is 0.391. The van der Waals surface area contributed by atoms with Crippen molar-refractivity contribution < 1.29 is 31.8 Å². The van der Waals surface area contributed by atoms with E-state index in [1.165, 1.54) is 44.1 Å². The van der Waals surface area contributed by atoms with Crippen molar-refractivity contribution in [3.63, 3.8) is 0 Å². The largest absolute Gasteiger partial charge is 0.496 e. The topological polar surface area (TPSA) is 32.7 Å². The number of anilines is 1. The zero-order valence-corrected chi connectivity index (χ0v) is 17.4. The van der Waals surface area contributed by atoms with Crippen molar-refractivity contribution in [2.24, 2.45) is 0 Å². The molecule has 1 unspecified atom stereocenters. The molecule has 2 aromatic carbocycles. The summed E-state index contributed by atoms with van der Waals surface area (Å²) in [7, 11) is 1.34. The minimum atomic E-state index is -5.02. The van der Waals surface area contributed by atoms with E-state index in [1.54, 1.807) is 18.2 Å². The second-order valence-corrected chi connectivity index (χ2v) is 8.40. The number of β-amino-alcohol motifs (C(OH)–C–C–N with tert-alkyl or cyclic N) is 1. The molecule has 1 aliphatic heterocycles. The molecule has 0 saturated heterocycles. The van der Waals surface area contributed by atoms with Crippen LogP contribution in [0.5, 0.6) is 5.75 Å². The van der Waals surface area contributed by atoms with E-state index in [2.05, 4.69) is 0 Å². The van der Waals surface area contributed by atoms with Crippen LogP contribution >= 0.6 is 0 Å². The highest BCUT2D eigenvalue weighted by atomic mass is 19.4. The molecular formula is C23H24F5NO2. The van der Waals surface area contributed by atoms with Crippen LogP contribution in [0, 0.1) is 11.6 Å². The Morgan fingerprint density at radius 2 is 1.81 bits per heavy atom. The molecule has 0 saturated carbocycles. The van der Waals surface area contributed by atoms with E-state index in [4.69, 9.17) is 4.74 Å². The molecule has 0 aromatic heterocycles. The van der Waals surface area contributed by atoms with Crippen LogP contribution in [0.2, 0.25) is 0 Å². The monoisotopic (exact) mass is 441 g/mol. The quantitative estimate of drug-likeness (QED) is 0.604. The summed E-state index contributed by atoms with van der Waals surface area (Å²) >= 11 is 0. The number of hydrogen-bond acceptors (Lipinski definition) is 3. The number of ether oxygens (including phenoxy) is 1. The molecule has 3 rings (SSSR count). The third-order valence-electron chi connectivity index (χ3n) is 5.56. The lowest BCUT2D eigenvalue weighted by atomic mass is 9.74. The Hall–Kier alpha value is -2.61. The lowest BCUT2D eigenvalue weighted by Gasteiger charge is -2.42. The van der Waals surface area contributed by atoms with Gasteiger partial charge in [0.1, 0.15) is 17.4 Å². The van der Waals surface area contributed by atoms with Crippen molar-refractivity contribution in [2.45, 2.75) is 37.5 Å². The van der Waals surface area contributed by atoms with E-state index in [0.29, 0.717) is 5.56 Å². The SMILES string of the molecule is COc1ccc(F)cc1C(C)(C)CC(O)(CN1CC=Cc2cccc(F)c21)C(F)(F)F. The molecule has 0 spiro atoms. The van der Waals surface area contributed by atoms with Crippen LogP contribution in [0.4, 0.5) is 27.6 Å². The van der Waals surface area contributed by atoms with Gasteiger partial charge < -0.3 is 14.7 Å². The van der Waals surface area contributed by atoms with E-state index >= 15 is 0 Å². The molecule has 31 heavy (non-hydrogen) atoms. The van der Waals surface area contributed by atoms with Gasteiger partial charge >= 0.3 is 6.18 Å². The van der Waals surface area contributed by atoms with E-state index in [1.807, 2.05) is 0 Å². The standard InChI is InChI=1S/C23H24F5NO2/c1-21(2,17-12-16(24)9-10-19(17)31-3)13-22(30,23(26,27)28)14-29-11-5-7-15-6-4-8-18(25)20(15)29/h4-10,12,30H,11,13-14H2,1-3H3. The molecule has 1 heterocycles. The number of methoxy groups -OCH3 is 1. The minimum Gasteiger partial charge on any atom is -0.496 e. The molecule has 0 fully saturated rings. The highest BCUT2D eigenvalue weighted by Crippen LogP contribution is 2.45. The summed E-state index contributed by atoms with van der Waals surface area (Å²) < 4.78 is 76.0. The van der Waals surface area contributed by atoms with Crippen molar-refractivity contribution in [3.05, 3.63) is 65.2 Å². The summed E-state index contributed by atoms with van der Waals surface area (Å²) in [5, 5.41) is 10.9. The minimum absolute atomic E-state index is 0.00816. The first kappa shape index (κ1) is 23.1. The number of aliphatic hydroxyl groups is 1. The van der Waals surface area contributed by atoms with Gasteiger partial charge in [-0.15, -0.1) is 0 Å². The molecule has 0 aliphatic carbocycles. The molecule has 1 aliphatic rings. The lowest BCUT2D eigenvalue weighted by molar-refractivity contribution is -0.262. The van der Waals surface area contributed by atoms with Gasteiger partial charge in [0.2, 0.25) is 0 Å². The molecule has 2 aromatic rings. The van der Waals surface area contributed by atoms with Gasteiger partial charge in [-0.3, -0.25) is 0 Å². The molecule has 8 heteroatoms. The fourth-order valence-corrected chi connectivity index (χ4v) is 4.14. The Labute approximate surface area is 177 Å². The average molecular weight is 441 g/mol. The second kappa shape index (κ2) is 8.15. The van der Waals surface area contributed by atoms with Crippen LogP contribution in [0.15, 0.2) is 42.5 Å². The summed E-state index contributed by atoms with van der Waals surface area (Å²) in [5.41, 5.74) is -3.88. The van der Waals surface area contributed by atoms with Crippen LogP contribution in [0.25, 0.3) is 6.08 Å². The Kier molecular flexibility index (Phi) is 6.06. The Morgan fingerprint density at radius 1 is 1.10 bits per heavy atom. The van der Waals surface area contributed by atoms with Crippen LogP contribution in [-0.2, 0) is 5.41 Å². The molecule has 1 atom stereocenters. The maximum absolute atomic E-state index is 14.4. The van der Waals surface area contributed by atoms with Crippen molar-refractivity contribution in [2.75, 3.05) is 25.1 Å². The smallest absolute Gasteiger partial charge is 0.418 e. The van der Waals surface area contributed by atoms with E-state index < -0.39 is 41.8 Å². The summed E-state index contributed by atoms with van der Waals surface area (Å²) in [6.45, 7) is 2.09. The maximum Gasteiger partial charge on any atom is 0.418 e. The predicted molar refractivity (Wildman–Crippen MR) is 109 cm³/mol. The second-order valence-electron chi connectivity index (χ2n) is 8.40. The summed E-state index contributed by atoms with van der Waals surface area (Å²) in [6.07, 6.45) is -2.56. The van der Waals surface area contributed by atoms with Gasteiger partial charge in [-0.2, -0.15) is 13.2 Å². The Bertz CT molecular complexity index is 986. The number of alkyl halides is 3. The van der Waals surface area contributed by atoms with Crippen LogP contribution < -0.4 is 9.64 Å². The normalized spacial score (nSPS) is 16.1. The Balaban J connectivity index is 2.00. The van der Waals surface area contributed by atoms with Crippen LogP contribution in [0.1, 0.15) is 31.4 Å². The maximum atomic E-state index is 14.4. The fourth-order valence-electron chi connectivity index (χ4n) is 4.14. The van der Waals surface area contributed by atoms with Gasteiger partial charge in [0.15, 0.2) is 5.60 Å². The Morgan fingerprint density at radius 3 is 2.45 bits per heavy atom. The van der Waals surface area contributed by atoms with Crippen molar-refractivity contribution >= 4 is 11.8 Å². The first-order valence-electron chi connectivity index (χ1n) is 9.71. The van der Waals surface area contributed by atoms with Gasteiger partial charge in [0.25, 0.3) is 0 Å². The molecular weight excluding hydrogens is 417 g/mol. The first-order valence-corrected chi connectivity index (χ1v) is 9.71. The molecule has 3 nitrogen and oxygen atoms in total. The van der Waals surface area contributed by atoms with E-state index in [9.17, 15) is 27.1 Å².